The molecule has 9 heteroatoms. The Labute approximate surface area is 239 Å². The summed E-state index contributed by atoms with van der Waals surface area (Å²) in [6.45, 7) is 0.269. The van der Waals surface area contributed by atoms with E-state index in [1.165, 1.54) is 11.8 Å². The van der Waals surface area contributed by atoms with Crippen LogP contribution in [0.25, 0.3) is 27.8 Å². The third-order valence-electron chi connectivity index (χ3n) is 6.88. The van der Waals surface area contributed by atoms with Crippen molar-refractivity contribution < 1.29 is 19.1 Å². The second-order valence-electron chi connectivity index (χ2n) is 9.36. The smallest absolute Gasteiger partial charge is 0.270 e. The van der Waals surface area contributed by atoms with Gasteiger partial charge in [0, 0.05) is 39.8 Å². The zero-order chi connectivity index (χ0) is 27.2. The quantitative estimate of drug-likeness (QED) is 0.193. The molecule has 7 nitrogen and oxygen atoms in total. The molecule has 5 aromatic rings. The van der Waals surface area contributed by atoms with Crippen molar-refractivity contribution in [3.8, 4) is 11.5 Å². The predicted octanol–water partition coefficient (Wildman–Crippen LogP) is 6.57. The fraction of sp³-hybridized carbons (Fsp3) is 0.0645. The Morgan fingerprint density at radius 3 is 2.62 bits per heavy atom. The Morgan fingerprint density at radius 1 is 0.950 bits per heavy atom. The molecule has 1 N–H and O–H groups in total. The number of para-hydroxylation sites is 1. The van der Waals surface area contributed by atoms with Gasteiger partial charge in [-0.25, -0.2) is 0 Å². The SMILES string of the molecule is O=C(Cn1cc(/C=C2/SC(=S)N(c3cccc4ccccc34)C2=O)c2ccccc21)Nc1ccc2c(c1)OCO2. The normalized spacial score (nSPS) is 15.5. The van der Waals surface area contributed by atoms with Crippen LogP contribution >= 0.6 is 24.0 Å². The molecule has 4 aromatic carbocycles. The lowest BCUT2D eigenvalue weighted by molar-refractivity contribution is -0.116. The molecule has 2 aliphatic rings. The van der Waals surface area contributed by atoms with Gasteiger partial charge in [0.05, 0.1) is 10.6 Å². The first-order valence-corrected chi connectivity index (χ1v) is 13.8. The number of hydrogen-bond acceptors (Lipinski definition) is 6. The molecule has 0 saturated carbocycles. The zero-order valence-corrected chi connectivity index (χ0v) is 22.6. The maximum absolute atomic E-state index is 13.6. The highest BCUT2D eigenvalue weighted by Crippen LogP contribution is 2.40. The van der Waals surface area contributed by atoms with Crippen LogP contribution in [-0.4, -0.2) is 27.5 Å². The van der Waals surface area contributed by atoms with E-state index in [2.05, 4.69) is 5.32 Å². The highest BCUT2D eigenvalue weighted by atomic mass is 32.2. The van der Waals surface area contributed by atoms with Crippen molar-refractivity contribution in [1.29, 1.82) is 0 Å². The molecular weight excluding hydrogens is 542 g/mol. The first kappa shape index (κ1) is 24.4. The van der Waals surface area contributed by atoms with Crippen LogP contribution in [0.3, 0.4) is 0 Å². The van der Waals surface area contributed by atoms with Crippen molar-refractivity contribution in [2.75, 3.05) is 17.0 Å². The van der Waals surface area contributed by atoms with Gasteiger partial charge in [0.25, 0.3) is 5.91 Å². The molecule has 0 spiro atoms. The average molecular weight is 564 g/mol. The summed E-state index contributed by atoms with van der Waals surface area (Å²) in [7, 11) is 0. The zero-order valence-electron chi connectivity index (χ0n) is 21.0. The maximum atomic E-state index is 13.6. The van der Waals surface area contributed by atoms with Gasteiger partial charge in [-0.2, -0.15) is 0 Å². The van der Waals surface area contributed by atoms with E-state index in [0.717, 1.165) is 32.9 Å². The number of thiocarbonyl (C=S) groups is 1. The lowest BCUT2D eigenvalue weighted by Gasteiger charge is -2.17. The molecule has 7 rings (SSSR count). The number of fused-ring (bicyclic) bond motifs is 3. The monoisotopic (exact) mass is 563 g/mol. The largest absolute Gasteiger partial charge is 0.454 e. The van der Waals surface area contributed by atoms with E-state index in [-0.39, 0.29) is 25.2 Å². The molecule has 0 radical (unpaired) electrons. The van der Waals surface area contributed by atoms with Crippen LogP contribution in [0, 0.1) is 0 Å². The number of thioether (sulfide) groups is 1. The number of carbonyl (C=O) groups is 2. The standard InChI is InChI=1S/C31H21N3O4S2/c35-29(32-21-12-13-26-27(15-21)38-18-37-26)17-33-16-20(23-9-3-4-10-24(23)33)14-28-30(36)34(31(39)40-28)25-11-5-7-19-6-1-2-8-22(19)25/h1-16H,17-18H2,(H,32,35)/b28-14+. The Balaban J connectivity index is 1.18. The number of benzene rings is 4. The molecule has 2 aliphatic heterocycles. The first-order valence-electron chi connectivity index (χ1n) is 12.6. The van der Waals surface area contributed by atoms with Crippen LogP contribution in [0.5, 0.6) is 11.5 Å². The van der Waals surface area contributed by atoms with E-state index in [4.69, 9.17) is 21.7 Å². The number of nitrogens with one attached hydrogen (secondary N) is 1. The summed E-state index contributed by atoms with van der Waals surface area (Å²) in [6, 6.07) is 26.9. The third-order valence-corrected chi connectivity index (χ3v) is 8.18. The molecule has 0 atom stereocenters. The van der Waals surface area contributed by atoms with Crippen molar-refractivity contribution in [2.24, 2.45) is 0 Å². The maximum Gasteiger partial charge on any atom is 0.270 e. The number of rotatable bonds is 5. The Hall–Kier alpha value is -4.60. The minimum Gasteiger partial charge on any atom is -0.454 e. The lowest BCUT2D eigenvalue weighted by Crippen LogP contribution is -2.27. The summed E-state index contributed by atoms with van der Waals surface area (Å²) in [6.07, 6.45) is 3.76. The van der Waals surface area contributed by atoms with Gasteiger partial charge in [-0.1, -0.05) is 78.6 Å². The number of carbonyl (C=O) groups excluding carboxylic acids is 2. The van der Waals surface area contributed by atoms with Gasteiger partial charge in [0.15, 0.2) is 15.8 Å². The number of amides is 2. The van der Waals surface area contributed by atoms with Gasteiger partial charge in [-0.05, 0) is 35.7 Å². The fourth-order valence-corrected chi connectivity index (χ4v) is 6.35. The highest BCUT2D eigenvalue weighted by Gasteiger charge is 2.34. The van der Waals surface area contributed by atoms with Crippen LogP contribution in [0.4, 0.5) is 11.4 Å². The van der Waals surface area contributed by atoms with Crippen LogP contribution in [-0.2, 0) is 16.1 Å². The molecule has 0 unspecified atom stereocenters. The number of aromatic nitrogens is 1. The van der Waals surface area contributed by atoms with Crippen LogP contribution in [0.15, 0.2) is 96.0 Å². The molecule has 40 heavy (non-hydrogen) atoms. The summed E-state index contributed by atoms with van der Waals surface area (Å²) in [5, 5.41) is 5.87. The molecule has 1 aromatic heterocycles. The molecule has 0 bridgehead atoms. The first-order chi connectivity index (χ1) is 19.5. The molecule has 1 fully saturated rings. The van der Waals surface area contributed by atoms with Crippen LogP contribution in [0.1, 0.15) is 5.56 Å². The lowest BCUT2D eigenvalue weighted by atomic mass is 10.1. The number of ether oxygens (including phenoxy) is 2. The van der Waals surface area contributed by atoms with Gasteiger partial charge in [0.2, 0.25) is 12.7 Å². The van der Waals surface area contributed by atoms with Crippen LogP contribution < -0.4 is 19.7 Å². The molecule has 2 amide bonds. The van der Waals surface area contributed by atoms with E-state index in [9.17, 15) is 9.59 Å². The number of anilines is 2. The number of hydrogen-bond donors (Lipinski definition) is 1. The summed E-state index contributed by atoms with van der Waals surface area (Å²) in [5.41, 5.74) is 3.12. The van der Waals surface area contributed by atoms with Gasteiger partial charge >= 0.3 is 0 Å². The van der Waals surface area contributed by atoms with Gasteiger partial charge in [0.1, 0.15) is 6.54 Å². The second kappa shape index (κ2) is 9.86. The molecule has 196 valence electrons. The van der Waals surface area contributed by atoms with E-state index < -0.39 is 0 Å². The predicted molar refractivity (Wildman–Crippen MR) is 163 cm³/mol. The minimum absolute atomic E-state index is 0.0970. The second-order valence-corrected chi connectivity index (χ2v) is 11.0. The van der Waals surface area contributed by atoms with Crippen LogP contribution in [0.2, 0.25) is 0 Å². The van der Waals surface area contributed by atoms with Gasteiger partial charge in [-0.15, -0.1) is 0 Å². The molecular formula is C31H21N3O4S2. The van der Waals surface area contributed by atoms with Crippen molar-refractivity contribution in [3.05, 3.63) is 102 Å². The number of nitrogens with zero attached hydrogens (tertiary/aromatic N) is 2. The topological polar surface area (TPSA) is 72.8 Å². The van der Waals surface area contributed by atoms with E-state index >= 15 is 0 Å². The van der Waals surface area contributed by atoms with E-state index in [1.807, 2.05) is 83.6 Å². The van der Waals surface area contributed by atoms with Crippen molar-refractivity contribution in [2.45, 2.75) is 6.54 Å². The fourth-order valence-electron chi connectivity index (χ4n) is 5.07. The summed E-state index contributed by atoms with van der Waals surface area (Å²) < 4.78 is 13.1. The van der Waals surface area contributed by atoms with Crippen molar-refractivity contribution >= 4 is 79.2 Å². The summed E-state index contributed by atoms with van der Waals surface area (Å²) in [5.74, 6) is 0.911. The Bertz CT molecular complexity index is 1890. The molecule has 3 heterocycles. The minimum atomic E-state index is -0.187. The molecule has 1 saturated heterocycles. The molecule has 0 aliphatic carbocycles. The van der Waals surface area contributed by atoms with Crippen molar-refractivity contribution in [1.82, 2.24) is 4.57 Å². The van der Waals surface area contributed by atoms with E-state index in [1.54, 1.807) is 23.1 Å². The Kier molecular flexibility index (Phi) is 6.02. The summed E-state index contributed by atoms with van der Waals surface area (Å²) in [4.78, 5) is 28.7. The third kappa shape index (κ3) is 4.29. The van der Waals surface area contributed by atoms with Crippen molar-refractivity contribution in [3.63, 3.8) is 0 Å². The summed E-state index contributed by atoms with van der Waals surface area (Å²) >= 11 is 6.94. The van der Waals surface area contributed by atoms with E-state index in [0.29, 0.717) is 26.4 Å². The average Bonchev–Trinajstić information content (AvgIpc) is 3.64. The van der Waals surface area contributed by atoms with Gasteiger partial charge in [-0.3, -0.25) is 14.5 Å². The van der Waals surface area contributed by atoms with Gasteiger partial charge < -0.3 is 19.4 Å². The Morgan fingerprint density at radius 2 is 1.73 bits per heavy atom. The highest BCUT2D eigenvalue weighted by molar-refractivity contribution is 8.27.